The second-order valence-electron chi connectivity index (χ2n) is 4.87. The zero-order valence-corrected chi connectivity index (χ0v) is 11.3. The molecular formula is C14H21N3O2. The molecule has 1 aromatic rings. The fraction of sp³-hybridized carbons (Fsp3) is 0.571. The summed E-state index contributed by atoms with van der Waals surface area (Å²) in [6, 6.07) is 3.50. The van der Waals surface area contributed by atoms with Gasteiger partial charge >= 0.3 is 0 Å². The molecular weight excluding hydrogens is 242 g/mol. The summed E-state index contributed by atoms with van der Waals surface area (Å²) in [5.74, 6) is -0.0800. The van der Waals surface area contributed by atoms with Crippen molar-refractivity contribution in [2.24, 2.45) is 0 Å². The first kappa shape index (κ1) is 13.8. The molecule has 5 heteroatoms. The number of anilines is 1. The van der Waals surface area contributed by atoms with Crippen molar-refractivity contribution in [1.82, 2.24) is 9.88 Å². The summed E-state index contributed by atoms with van der Waals surface area (Å²) in [6.07, 6.45) is 5.71. The van der Waals surface area contributed by atoms with Crippen molar-refractivity contribution >= 4 is 11.6 Å². The lowest BCUT2D eigenvalue weighted by Gasteiger charge is -2.28. The van der Waals surface area contributed by atoms with E-state index in [1.807, 2.05) is 13.1 Å². The van der Waals surface area contributed by atoms with Gasteiger partial charge in [0, 0.05) is 13.6 Å². The lowest BCUT2D eigenvalue weighted by atomic mass is 10.1. The van der Waals surface area contributed by atoms with E-state index in [0.717, 1.165) is 31.4 Å². The molecule has 1 atom stereocenters. The molecule has 1 aromatic heterocycles. The van der Waals surface area contributed by atoms with Gasteiger partial charge < -0.3 is 15.3 Å². The lowest BCUT2D eigenvalue weighted by Crippen LogP contribution is -2.42. The number of carbonyl (C=O) groups is 1. The van der Waals surface area contributed by atoms with Crippen LogP contribution >= 0.6 is 0 Å². The summed E-state index contributed by atoms with van der Waals surface area (Å²) >= 11 is 0. The maximum absolute atomic E-state index is 12.5. The van der Waals surface area contributed by atoms with Crippen LogP contribution in [0.4, 0.5) is 5.69 Å². The SMILES string of the molecule is CNc1ccc(C(=O)N2CCCCCC2CO)nc1. The van der Waals surface area contributed by atoms with E-state index in [9.17, 15) is 9.90 Å². The molecule has 1 unspecified atom stereocenters. The van der Waals surface area contributed by atoms with Crippen LogP contribution < -0.4 is 5.32 Å². The van der Waals surface area contributed by atoms with Gasteiger partial charge in [0.2, 0.25) is 0 Å². The van der Waals surface area contributed by atoms with E-state index in [4.69, 9.17) is 0 Å². The fourth-order valence-electron chi connectivity index (χ4n) is 2.45. The molecule has 0 radical (unpaired) electrons. The van der Waals surface area contributed by atoms with Crippen LogP contribution in [0.5, 0.6) is 0 Å². The minimum absolute atomic E-state index is 0.0281. The first-order valence-corrected chi connectivity index (χ1v) is 6.82. The summed E-state index contributed by atoms with van der Waals surface area (Å²) in [4.78, 5) is 18.4. The monoisotopic (exact) mass is 263 g/mol. The van der Waals surface area contributed by atoms with Crippen LogP contribution in [-0.2, 0) is 0 Å². The third-order valence-electron chi connectivity index (χ3n) is 3.62. The summed E-state index contributed by atoms with van der Waals surface area (Å²) < 4.78 is 0. The molecule has 2 rings (SSSR count). The number of amides is 1. The van der Waals surface area contributed by atoms with Gasteiger partial charge in [0.15, 0.2) is 0 Å². The number of likely N-dealkylation sites (tertiary alicyclic amines) is 1. The van der Waals surface area contributed by atoms with Crippen LogP contribution in [0.2, 0.25) is 0 Å². The summed E-state index contributed by atoms with van der Waals surface area (Å²) in [5.41, 5.74) is 1.32. The minimum Gasteiger partial charge on any atom is -0.394 e. The highest BCUT2D eigenvalue weighted by atomic mass is 16.3. The highest BCUT2D eigenvalue weighted by Crippen LogP contribution is 2.19. The Labute approximate surface area is 113 Å². The van der Waals surface area contributed by atoms with Crippen molar-refractivity contribution in [3.63, 3.8) is 0 Å². The van der Waals surface area contributed by atoms with E-state index in [1.54, 1.807) is 17.2 Å². The molecule has 19 heavy (non-hydrogen) atoms. The average molecular weight is 263 g/mol. The van der Waals surface area contributed by atoms with Crippen molar-refractivity contribution in [3.05, 3.63) is 24.0 Å². The van der Waals surface area contributed by atoms with Gasteiger partial charge in [-0.1, -0.05) is 12.8 Å². The van der Waals surface area contributed by atoms with Crippen LogP contribution in [-0.4, -0.2) is 47.1 Å². The van der Waals surface area contributed by atoms with Crippen LogP contribution in [0.15, 0.2) is 18.3 Å². The molecule has 0 bridgehead atoms. The average Bonchev–Trinajstić information content (AvgIpc) is 2.71. The summed E-state index contributed by atoms with van der Waals surface area (Å²) in [5, 5.41) is 12.4. The van der Waals surface area contributed by atoms with E-state index in [0.29, 0.717) is 12.2 Å². The molecule has 1 aliphatic rings. The van der Waals surface area contributed by atoms with Crippen molar-refractivity contribution < 1.29 is 9.90 Å². The summed E-state index contributed by atoms with van der Waals surface area (Å²) in [7, 11) is 1.81. The summed E-state index contributed by atoms with van der Waals surface area (Å²) in [6.45, 7) is 0.736. The maximum Gasteiger partial charge on any atom is 0.272 e. The highest BCUT2D eigenvalue weighted by Gasteiger charge is 2.26. The molecule has 1 saturated heterocycles. The number of aromatic nitrogens is 1. The van der Waals surface area contributed by atoms with Crippen LogP contribution in [0, 0.1) is 0 Å². The number of rotatable bonds is 3. The zero-order valence-electron chi connectivity index (χ0n) is 11.3. The van der Waals surface area contributed by atoms with Crippen molar-refractivity contribution in [2.75, 3.05) is 25.5 Å². The van der Waals surface area contributed by atoms with Crippen molar-refractivity contribution in [1.29, 1.82) is 0 Å². The van der Waals surface area contributed by atoms with Gasteiger partial charge in [-0.15, -0.1) is 0 Å². The first-order valence-electron chi connectivity index (χ1n) is 6.82. The third kappa shape index (κ3) is 3.23. The normalized spacial score (nSPS) is 19.9. The molecule has 0 saturated carbocycles. The largest absolute Gasteiger partial charge is 0.394 e. The van der Waals surface area contributed by atoms with Crippen molar-refractivity contribution in [3.8, 4) is 0 Å². The molecule has 5 nitrogen and oxygen atoms in total. The molecule has 0 aromatic carbocycles. The molecule has 1 fully saturated rings. The molecule has 2 heterocycles. The van der Waals surface area contributed by atoms with Gasteiger partial charge in [0.25, 0.3) is 5.91 Å². The topological polar surface area (TPSA) is 65.5 Å². The minimum atomic E-state index is -0.0800. The smallest absolute Gasteiger partial charge is 0.272 e. The number of aliphatic hydroxyl groups excluding tert-OH is 1. The van der Waals surface area contributed by atoms with E-state index in [-0.39, 0.29) is 18.6 Å². The molecule has 104 valence electrons. The van der Waals surface area contributed by atoms with Gasteiger partial charge in [-0.3, -0.25) is 4.79 Å². The van der Waals surface area contributed by atoms with Crippen molar-refractivity contribution in [2.45, 2.75) is 31.7 Å². The second kappa shape index (κ2) is 6.52. The van der Waals surface area contributed by atoms with Gasteiger partial charge in [0.1, 0.15) is 5.69 Å². The lowest BCUT2D eigenvalue weighted by molar-refractivity contribution is 0.0594. The molecule has 0 aliphatic carbocycles. The Morgan fingerprint density at radius 1 is 1.47 bits per heavy atom. The Morgan fingerprint density at radius 3 is 2.95 bits per heavy atom. The standard InChI is InChI=1S/C14H21N3O2/c1-15-11-6-7-13(16-9-11)14(19)17-8-4-2-3-5-12(17)10-18/h6-7,9,12,15,18H,2-5,8,10H2,1H3. The van der Waals surface area contributed by atoms with Gasteiger partial charge in [-0.25, -0.2) is 4.98 Å². The molecule has 2 N–H and O–H groups in total. The fourth-order valence-corrected chi connectivity index (χ4v) is 2.45. The predicted molar refractivity (Wildman–Crippen MR) is 74.2 cm³/mol. The number of aliphatic hydroxyl groups is 1. The highest BCUT2D eigenvalue weighted by molar-refractivity contribution is 5.92. The Bertz CT molecular complexity index is 419. The van der Waals surface area contributed by atoms with Crippen LogP contribution in [0.25, 0.3) is 0 Å². The number of pyridine rings is 1. The molecule has 1 amide bonds. The van der Waals surface area contributed by atoms with Gasteiger partial charge in [-0.05, 0) is 25.0 Å². The van der Waals surface area contributed by atoms with Gasteiger partial charge in [-0.2, -0.15) is 0 Å². The van der Waals surface area contributed by atoms with Crippen LogP contribution in [0.1, 0.15) is 36.2 Å². The second-order valence-corrected chi connectivity index (χ2v) is 4.87. The number of carbonyl (C=O) groups excluding carboxylic acids is 1. The van der Waals surface area contributed by atoms with E-state index in [1.165, 1.54) is 0 Å². The quantitative estimate of drug-likeness (QED) is 0.867. The Hall–Kier alpha value is -1.62. The number of hydrogen-bond acceptors (Lipinski definition) is 4. The first-order chi connectivity index (χ1) is 9.26. The van der Waals surface area contributed by atoms with Gasteiger partial charge in [0.05, 0.1) is 24.5 Å². The third-order valence-corrected chi connectivity index (χ3v) is 3.62. The Kier molecular flexibility index (Phi) is 4.74. The molecule has 0 spiro atoms. The number of nitrogens with zero attached hydrogens (tertiary/aromatic N) is 2. The van der Waals surface area contributed by atoms with E-state index < -0.39 is 0 Å². The number of hydrogen-bond donors (Lipinski definition) is 2. The number of nitrogens with one attached hydrogen (secondary N) is 1. The Balaban J connectivity index is 2.15. The van der Waals surface area contributed by atoms with Crippen LogP contribution in [0.3, 0.4) is 0 Å². The van der Waals surface area contributed by atoms with E-state index in [2.05, 4.69) is 10.3 Å². The maximum atomic E-state index is 12.5. The van der Waals surface area contributed by atoms with E-state index >= 15 is 0 Å². The zero-order chi connectivity index (χ0) is 13.7. The molecule has 1 aliphatic heterocycles. The predicted octanol–water partition coefficient (Wildman–Crippen LogP) is 1.50. The Morgan fingerprint density at radius 2 is 2.32 bits per heavy atom.